The van der Waals surface area contributed by atoms with Crippen molar-refractivity contribution < 1.29 is 9.59 Å². The summed E-state index contributed by atoms with van der Waals surface area (Å²) in [4.78, 5) is 30.5. The van der Waals surface area contributed by atoms with Gasteiger partial charge in [0.2, 0.25) is 5.91 Å². The molecule has 1 heterocycles. The number of benzene rings is 2. The van der Waals surface area contributed by atoms with E-state index in [4.69, 9.17) is 0 Å². The van der Waals surface area contributed by atoms with Crippen LogP contribution in [0.1, 0.15) is 21.5 Å². The summed E-state index contributed by atoms with van der Waals surface area (Å²) in [5.41, 5.74) is 3.95. The largest absolute Gasteiger partial charge is 0.345 e. The average Bonchev–Trinajstić information content (AvgIpc) is 2.69. The molecule has 0 radical (unpaired) electrons. The lowest BCUT2D eigenvalue weighted by atomic mass is 10.1. The molecule has 0 bridgehead atoms. The Hall–Kier alpha value is -2.70. The predicted octanol–water partition coefficient (Wildman–Crippen LogP) is 2.45. The Balaban J connectivity index is 1.43. The van der Waals surface area contributed by atoms with E-state index in [1.807, 2.05) is 0 Å². The van der Waals surface area contributed by atoms with E-state index in [9.17, 15) is 9.59 Å². The lowest BCUT2D eigenvalue weighted by Gasteiger charge is -2.34. The molecule has 154 valence electrons. The summed E-state index contributed by atoms with van der Waals surface area (Å²) in [6, 6.07) is 15.6. The molecule has 2 aromatic rings. The second-order valence-corrected chi connectivity index (χ2v) is 7.87. The van der Waals surface area contributed by atoms with Crippen LogP contribution in [0.3, 0.4) is 0 Å². The number of piperazine rings is 1. The van der Waals surface area contributed by atoms with Crippen molar-refractivity contribution in [3.63, 3.8) is 0 Å². The van der Waals surface area contributed by atoms with E-state index < -0.39 is 0 Å². The van der Waals surface area contributed by atoms with E-state index in [0.29, 0.717) is 17.8 Å². The van der Waals surface area contributed by atoms with Crippen LogP contribution in [0.15, 0.2) is 48.5 Å². The molecule has 1 aliphatic heterocycles. The lowest BCUT2D eigenvalue weighted by molar-refractivity contribution is -0.117. The van der Waals surface area contributed by atoms with Crippen molar-refractivity contribution in [1.82, 2.24) is 14.7 Å². The topological polar surface area (TPSA) is 55.9 Å². The number of nitrogens with one attached hydrogen (secondary N) is 1. The number of amides is 2. The van der Waals surface area contributed by atoms with E-state index in [-0.39, 0.29) is 11.8 Å². The molecule has 6 heteroatoms. The minimum atomic E-state index is -0.0496. The van der Waals surface area contributed by atoms with Crippen LogP contribution in [0, 0.1) is 6.92 Å². The highest BCUT2D eigenvalue weighted by Crippen LogP contribution is 2.12. The number of aryl methyl sites for hydroxylation is 1. The quantitative estimate of drug-likeness (QED) is 0.818. The zero-order valence-electron chi connectivity index (χ0n) is 17.5. The van der Waals surface area contributed by atoms with E-state index in [1.54, 1.807) is 38.4 Å². The molecule has 1 fully saturated rings. The standard InChI is InChI=1S/C23H30N4O2/c1-18-5-4-6-19(15-18)16-26-11-13-27(14-12-26)17-22(28)24-21-9-7-20(8-10-21)23(29)25(2)3/h4-10,15H,11-14,16-17H2,1-3H3,(H,24,28). The molecule has 0 atom stereocenters. The summed E-state index contributed by atoms with van der Waals surface area (Å²) in [6.07, 6.45) is 0. The minimum Gasteiger partial charge on any atom is -0.345 e. The van der Waals surface area contributed by atoms with Gasteiger partial charge in [0.05, 0.1) is 6.54 Å². The Bertz CT molecular complexity index is 840. The zero-order valence-corrected chi connectivity index (χ0v) is 17.5. The van der Waals surface area contributed by atoms with Crippen LogP contribution in [0.2, 0.25) is 0 Å². The van der Waals surface area contributed by atoms with Gasteiger partial charge in [0.25, 0.3) is 5.91 Å². The Labute approximate surface area is 173 Å². The smallest absolute Gasteiger partial charge is 0.253 e. The number of anilines is 1. The summed E-state index contributed by atoms with van der Waals surface area (Å²) in [5, 5.41) is 2.92. The molecule has 2 amide bonds. The van der Waals surface area contributed by atoms with Crippen molar-refractivity contribution in [3.05, 3.63) is 65.2 Å². The van der Waals surface area contributed by atoms with E-state index >= 15 is 0 Å². The Morgan fingerprint density at radius 2 is 1.62 bits per heavy atom. The van der Waals surface area contributed by atoms with Crippen molar-refractivity contribution in [2.45, 2.75) is 13.5 Å². The Kier molecular flexibility index (Phi) is 7.01. The number of carbonyl (C=O) groups excluding carboxylic acids is 2. The van der Waals surface area contributed by atoms with Gasteiger partial charge in [-0.15, -0.1) is 0 Å². The summed E-state index contributed by atoms with van der Waals surface area (Å²) in [5.74, 6) is -0.0739. The van der Waals surface area contributed by atoms with Crippen molar-refractivity contribution in [2.24, 2.45) is 0 Å². The van der Waals surface area contributed by atoms with Gasteiger partial charge in [-0.2, -0.15) is 0 Å². The van der Waals surface area contributed by atoms with Gasteiger partial charge in [-0.1, -0.05) is 29.8 Å². The fourth-order valence-electron chi connectivity index (χ4n) is 3.53. The predicted molar refractivity (Wildman–Crippen MR) is 116 cm³/mol. The molecule has 0 aliphatic carbocycles. The van der Waals surface area contributed by atoms with Gasteiger partial charge in [0.15, 0.2) is 0 Å². The van der Waals surface area contributed by atoms with E-state index in [0.717, 1.165) is 32.7 Å². The number of rotatable bonds is 6. The first kappa shape index (κ1) is 21.0. The molecule has 0 aromatic heterocycles. The summed E-state index contributed by atoms with van der Waals surface area (Å²) in [6.45, 7) is 7.15. The van der Waals surface area contributed by atoms with Crippen molar-refractivity contribution in [2.75, 3.05) is 52.1 Å². The second kappa shape index (κ2) is 9.67. The molecule has 2 aromatic carbocycles. The molecule has 1 N–H and O–H groups in total. The molecule has 1 aliphatic rings. The fraction of sp³-hybridized carbons (Fsp3) is 0.391. The zero-order chi connectivity index (χ0) is 20.8. The highest BCUT2D eigenvalue weighted by atomic mass is 16.2. The highest BCUT2D eigenvalue weighted by Gasteiger charge is 2.19. The fourth-order valence-corrected chi connectivity index (χ4v) is 3.53. The van der Waals surface area contributed by atoms with E-state index in [2.05, 4.69) is 46.3 Å². The van der Waals surface area contributed by atoms with Gasteiger partial charge < -0.3 is 10.2 Å². The number of carbonyl (C=O) groups is 2. The monoisotopic (exact) mass is 394 g/mol. The maximum Gasteiger partial charge on any atom is 0.253 e. The highest BCUT2D eigenvalue weighted by molar-refractivity contribution is 5.96. The molecule has 1 saturated heterocycles. The van der Waals surface area contributed by atoms with Crippen LogP contribution >= 0.6 is 0 Å². The summed E-state index contributed by atoms with van der Waals surface area (Å²) >= 11 is 0. The van der Waals surface area contributed by atoms with E-state index in [1.165, 1.54) is 16.0 Å². The Morgan fingerprint density at radius 1 is 0.966 bits per heavy atom. The maximum absolute atomic E-state index is 12.4. The van der Waals surface area contributed by atoms with Crippen LogP contribution < -0.4 is 5.32 Å². The van der Waals surface area contributed by atoms with Gasteiger partial charge in [0.1, 0.15) is 0 Å². The third kappa shape index (κ3) is 6.14. The molecule has 0 unspecified atom stereocenters. The maximum atomic E-state index is 12.4. The third-order valence-electron chi connectivity index (χ3n) is 5.14. The Morgan fingerprint density at radius 3 is 2.24 bits per heavy atom. The second-order valence-electron chi connectivity index (χ2n) is 7.87. The molecular weight excluding hydrogens is 364 g/mol. The average molecular weight is 395 g/mol. The van der Waals surface area contributed by atoms with Crippen LogP contribution in [0.5, 0.6) is 0 Å². The van der Waals surface area contributed by atoms with Crippen molar-refractivity contribution in [1.29, 1.82) is 0 Å². The van der Waals surface area contributed by atoms with Crippen LogP contribution in [0.4, 0.5) is 5.69 Å². The van der Waals surface area contributed by atoms with Gasteiger partial charge >= 0.3 is 0 Å². The first-order valence-corrected chi connectivity index (χ1v) is 10.0. The first-order valence-electron chi connectivity index (χ1n) is 10.0. The molecule has 6 nitrogen and oxygen atoms in total. The summed E-state index contributed by atoms with van der Waals surface area (Å²) < 4.78 is 0. The van der Waals surface area contributed by atoms with Gasteiger partial charge in [-0.05, 0) is 36.8 Å². The number of nitrogens with zero attached hydrogens (tertiary/aromatic N) is 3. The van der Waals surface area contributed by atoms with Gasteiger partial charge in [-0.25, -0.2) is 0 Å². The SMILES string of the molecule is Cc1cccc(CN2CCN(CC(=O)Nc3ccc(C(=O)N(C)C)cc3)CC2)c1. The van der Waals surface area contributed by atoms with Gasteiger partial charge in [0, 0.05) is 58.1 Å². The first-order chi connectivity index (χ1) is 13.9. The molecule has 3 rings (SSSR count). The van der Waals surface area contributed by atoms with Crippen molar-refractivity contribution >= 4 is 17.5 Å². The lowest BCUT2D eigenvalue weighted by Crippen LogP contribution is -2.48. The normalized spacial score (nSPS) is 15.1. The van der Waals surface area contributed by atoms with Crippen LogP contribution in [-0.2, 0) is 11.3 Å². The van der Waals surface area contributed by atoms with Crippen molar-refractivity contribution in [3.8, 4) is 0 Å². The molecule has 0 saturated carbocycles. The molecule has 29 heavy (non-hydrogen) atoms. The number of hydrogen-bond donors (Lipinski definition) is 1. The summed E-state index contributed by atoms with van der Waals surface area (Å²) in [7, 11) is 3.44. The third-order valence-corrected chi connectivity index (χ3v) is 5.14. The minimum absolute atomic E-state index is 0.0242. The van der Waals surface area contributed by atoms with Gasteiger partial charge in [-0.3, -0.25) is 19.4 Å². The van der Waals surface area contributed by atoms with Crippen LogP contribution in [0.25, 0.3) is 0 Å². The molecular formula is C23H30N4O2. The van der Waals surface area contributed by atoms with Crippen LogP contribution in [-0.4, -0.2) is 73.3 Å². The molecule has 0 spiro atoms. The number of hydrogen-bond acceptors (Lipinski definition) is 4.